The molecule has 0 aliphatic heterocycles. The van der Waals surface area contributed by atoms with Crippen molar-refractivity contribution in [2.24, 2.45) is 0 Å². The Kier molecular flexibility index (Phi) is 4.10. The first-order chi connectivity index (χ1) is 13.0. The zero-order valence-electron chi connectivity index (χ0n) is 15.1. The van der Waals surface area contributed by atoms with Gasteiger partial charge in [-0.1, -0.05) is 36.1 Å². The molecule has 0 saturated heterocycles. The van der Waals surface area contributed by atoms with Gasteiger partial charge in [0.2, 0.25) is 0 Å². The normalized spacial score (nSPS) is 11.9. The number of anilines is 1. The molecule has 3 aromatic rings. The molecule has 0 amide bonds. The molecule has 0 fully saturated rings. The zero-order valence-corrected chi connectivity index (χ0v) is 15.1. The summed E-state index contributed by atoms with van der Waals surface area (Å²) in [5.41, 5.74) is 4.51. The van der Waals surface area contributed by atoms with Crippen molar-refractivity contribution < 1.29 is 9.59 Å². The van der Waals surface area contributed by atoms with Crippen molar-refractivity contribution in [1.29, 1.82) is 0 Å². The highest BCUT2D eigenvalue weighted by Gasteiger charge is 2.29. The second-order valence-corrected chi connectivity index (χ2v) is 6.66. The van der Waals surface area contributed by atoms with Crippen LogP contribution in [0.3, 0.4) is 0 Å². The van der Waals surface area contributed by atoms with Crippen molar-refractivity contribution in [3.8, 4) is 11.8 Å². The standard InChI is InChI=1S/C24H17NO2/c1-25(2)18-12-9-16(10-13-18)7-8-17-11-14-21-22(15-17)24(27)20-6-4-3-5-19(20)23(21)26/h3-6,9-15H,1-2H3. The number of fused-ring (bicyclic) bond motifs is 2. The molecule has 1 aliphatic carbocycles. The molecular weight excluding hydrogens is 334 g/mol. The summed E-state index contributed by atoms with van der Waals surface area (Å²) in [5, 5.41) is 0. The van der Waals surface area contributed by atoms with Crippen LogP contribution < -0.4 is 4.90 Å². The predicted octanol–water partition coefficient (Wildman–Crippen LogP) is 3.93. The molecular formula is C24H17NO2. The molecule has 0 spiro atoms. The van der Waals surface area contributed by atoms with Crippen LogP contribution in [-0.2, 0) is 0 Å². The van der Waals surface area contributed by atoms with Gasteiger partial charge in [0, 0.05) is 53.2 Å². The number of carbonyl (C=O) groups excluding carboxylic acids is 2. The summed E-state index contributed by atoms with van der Waals surface area (Å²) in [7, 11) is 3.98. The van der Waals surface area contributed by atoms with Crippen LogP contribution in [0.4, 0.5) is 5.69 Å². The van der Waals surface area contributed by atoms with Crippen molar-refractivity contribution in [3.05, 3.63) is 100 Å². The quantitative estimate of drug-likeness (QED) is 0.488. The van der Waals surface area contributed by atoms with Gasteiger partial charge in [0.1, 0.15) is 0 Å². The lowest BCUT2D eigenvalue weighted by atomic mass is 9.83. The largest absolute Gasteiger partial charge is 0.378 e. The van der Waals surface area contributed by atoms with Gasteiger partial charge in [0.15, 0.2) is 11.6 Å². The Bertz CT molecular complexity index is 1130. The number of hydrogen-bond donors (Lipinski definition) is 0. The molecule has 0 heterocycles. The van der Waals surface area contributed by atoms with Crippen LogP contribution in [0.5, 0.6) is 0 Å². The first kappa shape index (κ1) is 16.8. The topological polar surface area (TPSA) is 37.4 Å². The fourth-order valence-corrected chi connectivity index (χ4v) is 3.16. The number of hydrogen-bond acceptors (Lipinski definition) is 3. The maximum absolute atomic E-state index is 12.8. The van der Waals surface area contributed by atoms with Crippen LogP contribution in [0, 0.1) is 11.8 Å². The molecule has 0 atom stereocenters. The second-order valence-electron chi connectivity index (χ2n) is 6.66. The van der Waals surface area contributed by atoms with E-state index in [-0.39, 0.29) is 11.6 Å². The Morgan fingerprint density at radius 3 is 1.78 bits per heavy atom. The fraction of sp³-hybridized carbons (Fsp3) is 0.0833. The SMILES string of the molecule is CN(C)c1ccc(C#Cc2ccc3c(c2)C(=O)c2ccccc2C3=O)cc1. The van der Waals surface area contributed by atoms with Crippen LogP contribution in [0.1, 0.15) is 43.0 Å². The van der Waals surface area contributed by atoms with E-state index in [4.69, 9.17) is 0 Å². The Morgan fingerprint density at radius 1 is 0.630 bits per heavy atom. The van der Waals surface area contributed by atoms with Gasteiger partial charge in [0.25, 0.3) is 0 Å². The monoisotopic (exact) mass is 351 g/mol. The van der Waals surface area contributed by atoms with Gasteiger partial charge in [-0.3, -0.25) is 9.59 Å². The predicted molar refractivity (Wildman–Crippen MR) is 106 cm³/mol. The molecule has 0 aromatic heterocycles. The average Bonchev–Trinajstić information content (AvgIpc) is 2.70. The summed E-state index contributed by atoms with van der Waals surface area (Å²) in [6.45, 7) is 0. The first-order valence-electron chi connectivity index (χ1n) is 8.66. The third-order valence-electron chi connectivity index (χ3n) is 4.66. The fourth-order valence-electron chi connectivity index (χ4n) is 3.16. The average molecular weight is 351 g/mol. The maximum atomic E-state index is 12.8. The molecule has 0 radical (unpaired) electrons. The molecule has 3 aromatic carbocycles. The minimum absolute atomic E-state index is 0.112. The Hall–Kier alpha value is -3.64. The molecule has 0 unspecified atom stereocenters. The highest BCUT2D eigenvalue weighted by Crippen LogP contribution is 2.27. The second kappa shape index (κ2) is 6.59. The summed E-state index contributed by atoms with van der Waals surface area (Å²) in [6, 6.07) is 20.1. The Balaban J connectivity index is 1.68. The molecule has 0 N–H and O–H groups in total. The molecule has 1 aliphatic rings. The number of nitrogens with zero attached hydrogens (tertiary/aromatic N) is 1. The smallest absolute Gasteiger partial charge is 0.194 e. The van der Waals surface area contributed by atoms with Crippen LogP contribution in [-0.4, -0.2) is 25.7 Å². The van der Waals surface area contributed by atoms with E-state index in [9.17, 15) is 9.59 Å². The highest BCUT2D eigenvalue weighted by molar-refractivity contribution is 6.28. The van der Waals surface area contributed by atoms with Gasteiger partial charge >= 0.3 is 0 Å². The molecule has 3 nitrogen and oxygen atoms in total. The lowest BCUT2D eigenvalue weighted by Crippen LogP contribution is -2.20. The summed E-state index contributed by atoms with van der Waals surface area (Å²) in [5.74, 6) is 5.97. The van der Waals surface area contributed by atoms with E-state index in [1.54, 1.807) is 42.5 Å². The minimum atomic E-state index is -0.126. The van der Waals surface area contributed by atoms with Crippen LogP contribution in [0.2, 0.25) is 0 Å². The third-order valence-corrected chi connectivity index (χ3v) is 4.66. The molecule has 27 heavy (non-hydrogen) atoms. The molecule has 0 bridgehead atoms. The summed E-state index contributed by atoms with van der Waals surface area (Å²) in [4.78, 5) is 27.4. The highest BCUT2D eigenvalue weighted by atomic mass is 16.1. The summed E-state index contributed by atoms with van der Waals surface area (Å²) >= 11 is 0. The zero-order chi connectivity index (χ0) is 19.0. The van der Waals surface area contributed by atoms with E-state index in [2.05, 4.69) is 11.8 Å². The van der Waals surface area contributed by atoms with E-state index in [1.165, 1.54) is 0 Å². The van der Waals surface area contributed by atoms with E-state index in [0.29, 0.717) is 27.8 Å². The van der Waals surface area contributed by atoms with E-state index in [1.807, 2.05) is 43.3 Å². The number of rotatable bonds is 1. The summed E-state index contributed by atoms with van der Waals surface area (Å²) < 4.78 is 0. The van der Waals surface area contributed by atoms with E-state index < -0.39 is 0 Å². The Morgan fingerprint density at radius 2 is 1.15 bits per heavy atom. The molecule has 3 heteroatoms. The number of ketones is 2. The van der Waals surface area contributed by atoms with Gasteiger partial charge < -0.3 is 4.90 Å². The van der Waals surface area contributed by atoms with Gasteiger partial charge in [-0.25, -0.2) is 0 Å². The van der Waals surface area contributed by atoms with Crippen molar-refractivity contribution in [3.63, 3.8) is 0 Å². The number of benzene rings is 3. The molecule has 0 saturated carbocycles. The maximum Gasteiger partial charge on any atom is 0.194 e. The van der Waals surface area contributed by atoms with Gasteiger partial charge in [-0.2, -0.15) is 0 Å². The first-order valence-corrected chi connectivity index (χ1v) is 8.66. The van der Waals surface area contributed by atoms with Crippen LogP contribution in [0.25, 0.3) is 0 Å². The summed E-state index contributed by atoms with van der Waals surface area (Å²) in [6.07, 6.45) is 0. The van der Waals surface area contributed by atoms with Crippen LogP contribution >= 0.6 is 0 Å². The lowest BCUT2D eigenvalue weighted by molar-refractivity contribution is 0.0979. The van der Waals surface area contributed by atoms with Crippen LogP contribution in [0.15, 0.2) is 66.7 Å². The third kappa shape index (κ3) is 3.02. The lowest BCUT2D eigenvalue weighted by Gasteiger charge is -2.17. The number of carbonyl (C=O) groups is 2. The Labute approximate surface area is 158 Å². The van der Waals surface area contributed by atoms with Crippen molar-refractivity contribution >= 4 is 17.3 Å². The van der Waals surface area contributed by atoms with Gasteiger partial charge in [0.05, 0.1) is 0 Å². The minimum Gasteiger partial charge on any atom is -0.378 e. The van der Waals surface area contributed by atoms with E-state index >= 15 is 0 Å². The van der Waals surface area contributed by atoms with Gasteiger partial charge in [-0.15, -0.1) is 0 Å². The van der Waals surface area contributed by atoms with Crippen molar-refractivity contribution in [1.82, 2.24) is 0 Å². The van der Waals surface area contributed by atoms with Crippen molar-refractivity contribution in [2.75, 3.05) is 19.0 Å². The molecule has 130 valence electrons. The van der Waals surface area contributed by atoms with Crippen molar-refractivity contribution in [2.45, 2.75) is 0 Å². The van der Waals surface area contributed by atoms with E-state index in [0.717, 1.165) is 11.3 Å². The molecule has 4 rings (SSSR count). The van der Waals surface area contributed by atoms with Gasteiger partial charge in [-0.05, 0) is 42.5 Å².